The largest absolute Gasteiger partial charge is 0.324 e. The monoisotopic (exact) mass is 408 g/mol. The van der Waals surface area contributed by atoms with Gasteiger partial charge in [0.2, 0.25) is 11.8 Å². The third-order valence-corrected chi connectivity index (χ3v) is 5.97. The van der Waals surface area contributed by atoms with E-state index in [4.69, 9.17) is 4.98 Å². The van der Waals surface area contributed by atoms with Crippen LogP contribution >= 0.6 is 11.8 Å². The molecule has 2 amide bonds. The highest BCUT2D eigenvalue weighted by Gasteiger charge is 2.29. The Hall–Kier alpha value is -2.80. The Morgan fingerprint density at radius 2 is 1.93 bits per heavy atom. The Bertz CT molecular complexity index is 1080. The fraction of sp³-hybridized carbons (Fsp3) is 0.318. The summed E-state index contributed by atoms with van der Waals surface area (Å²) < 4.78 is 2.16. The molecule has 1 aliphatic rings. The smallest absolute Gasteiger partial charge is 0.237 e. The Kier molecular flexibility index (Phi) is 5.32. The van der Waals surface area contributed by atoms with E-state index in [1.165, 1.54) is 11.8 Å². The quantitative estimate of drug-likeness (QED) is 0.647. The van der Waals surface area contributed by atoms with E-state index in [9.17, 15) is 9.59 Å². The van der Waals surface area contributed by atoms with E-state index in [1.807, 2.05) is 49.4 Å². The van der Waals surface area contributed by atoms with Crippen LogP contribution in [0.2, 0.25) is 0 Å². The normalized spacial score (nSPS) is 16.6. The summed E-state index contributed by atoms with van der Waals surface area (Å²) in [6.07, 6.45) is 0.273. The van der Waals surface area contributed by atoms with Crippen LogP contribution in [0.3, 0.4) is 0 Å². The molecule has 1 atom stereocenters. The zero-order valence-electron chi connectivity index (χ0n) is 16.8. The van der Waals surface area contributed by atoms with E-state index in [0.29, 0.717) is 5.69 Å². The van der Waals surface area contributed by atoms with Crippen molar-refractivity contribution in [2.45, 2.75) is 44.4 Å². The molecule has 1 aliphatic heterocycles. The van der Waals surface area contributed by atoms with Gasteiger partial charge in [-0.2, -0.15) is 0 Å². The van der Waals surface area contributed by atoms with Gasteiger partial charge in [0, 0.05) is 18.5 Å². The molecular weight excluding hydrogens is 384 g/mol. The number of fused-ring (bicyclic) bond motifs is 2. The van der Waals surface area contributed by atoms with Gasteiger partial charge in [0.1, 0.15) is 0 Å². The fourth-order valence-electron chi connectivity index (χ4n) is 3.79. The number of anilines is 2. The Labute approximate surface area is 174 Å². The van der Waals surface area contributed by atoms with Crippen molar-refractivity contribution in [3.8, 4) is 0 Å². The van der Waals surface area contributed by atoms with Crippen molar-refractivity contribution >= 4 is 46.0 Å². The summed E-state index contributed by atoms with van der Waals surface area (Å²) in [6.45, 7) is 6.14. The molecule has 1 aromatic heterocycles. The van der Waals surface area contributed by atoms with E-state index in [0.717, 1.165) is 21.9 Å². The maximum absolute atomic E-state index is 13.2. The Balaban J connectivity index is 1.61. The number of imidazole rings is 1. The number of hydrogen-bond acceptors (Lipinski definition) is 4. The van der Waals surface area contributed by atoms with Crippen LogP contribution in [0.4, 0.5) is 11.4 Å². The number of para-hydroxylation sites is 4. The standard InChI is InChI=1S/C22H24N4O2S/c1-14(2)25-18-10-6-5-9-17(18)24-22(25)29-13-21(28)26-15(3)12-20(27)23-16-8-4-7-11-19(16)26/h4-11,14-15H,12-13H2,1-3H3,(H,23,27)/t15-/m1/s1. The molecule has 2 heterocycles. The number of carbonyl (C=O) groups excluding carboxylic acids is 2. The van der Waals surface area contributed by atoms with Gasteiger partial charge in [-0.25, -0.2) is 4.98 Å². The Morgan fingerprint density at radius 1 is 1.21 bits per heavy atom. The fourth-order valence-corrected chi connectivity index (χ4v) is 4.79. The van der Waals surface area contributed by atoms with Crippen LogP contribution < -0.4 is 10.2 Å². The van der Waals surface area contributed by atoms with Crippen LogP contribution in [-0.4, -0.2) is 33.2 Å². The number of aromatic nitrogens is 2. The topological polar surface area (TPSA) is 67.2 Å². The molecule has 0 bridgehead atoms. The van der Waals surface area contributed by atoms with Gasteiger partial charge >= 0.3 is 0 Å². The number of carbonyl (C=O) groups is 2. The first kappa shape index (κ1) is 19.5. The van der Waals surface area contributed by atoms with E-state index in [1.54, 1.807) is 4.90 Å². The molecule has 0 saturated carbocycles. The van der Waals surface area contributed by atoms with Gasteiger partial charge in [0.05, 0.1) is 28.2 Å². The second kappa shape index (κ2) is 7.91. The molecule has 6 nitrogen and oxygen atoms in total. The molecule has 29 heavy (non-hydrogen) atoms. The first-order chi connectivity index (χ1) is 14.0. The molecule has 3 aromatic rings. The summed E-state index contributed by atoms with van der Waals surface area (Å²) in [7, 11) is 0. The number of amides is 2. The van der Waals surface area contributed by atoms with Gasteiger partial charge in [-0.1, -0.05) is 36.0 Å². The number of nitrogens with one attached hydrogen (secondary N) is 1. The molecule has 0 saturated heterocycles. The third-order valence-electron chi connectivity index (χ3n) is 5.03. The lowest BCUT2D eigenvalue weighted by Crippen LogP contribution is -2.40. The van der Waals surface area contributed by atoms with Crippen LogP contribution in [0.1, 0.15) is 33.2 Å². The minimum atomic E-state index is -0.212. The minimum absolute atomic E-state index is 0.0335. The van der Waals surface area contributed by atoms with E-state index >= 15 is 0 Å². The van der Waals surface area contributed by atoms with Crippen molar-refractivity contribution in [2.75, 3.05) is 16.0 Å². The predicted molar refractivity (Wildman–Crippen MR) is 117 cm³/mol. The van der Waals surface area contributed by atoms with Gasteiger partial charge in [0.15, 0.2) is 5.16 Å². The van der Waals surface area contributed by atoms with Crippen LogP contribution in [0.15, 0.2) is 53.7 Å². The number of rotatable bonds is 4. The number of thioether (sulfide) groups is 1. The van der Waals surface area contributed by atoms with Gasteiger partial charge in [-0.05, 0) is 45.0 Å². The molecule has 2 aromatic carbocycles. The summed E-state index contributed by atoms with van der Waals surface area (Å²) in [4.78, 5) is 31.9. The van der Waals surface area contributed by atoms with Gasteiger partial charge in [0.25, 0.3) is 0 Å². The average molecular weight is 409 g/mol. The van der Waals surface area contributed by atoms with Gasteiger partial charge < -0.3 is 14.8 Å². The van der Waals surface area contributed by atoms with Crippen molar-refractivity contribution in [2.24, 2.45) is 0 Å². The van der Waals surface area contributed by atoms with E-state index < -0.39 is 0 Å². The number of benzene rings is 2. The van der Waals surface area contributed by atoms with Crippen LogP contribution in [0.25, 0.3) is 11.0 Å². The maximum atomic E-state index is 13.2. The van der Waals surface area contributed by atoms with Crippen LogP contribution in [0.5, 0.6) is 0 Å². The van der Waals surface area contributed by atoms with Crippen LogP contribution in [-0.2, 0) is 9.59 Å². The van der Waals surface area contributed by atoms with Gasteiger partial charge in [-0.3, -0.25) is 9.59 Å². The molecule has 4 rings (SSSR count). The second-order valence-corrected chi connectivity index (χ2v) is 8.46. The van der Waals surface area contributed by atoms with E-state index in [2.05, 4.69) is 29.8 Å². The molecule has 0 fully saturated rings. The zero-order valence-corrected chi connectivity index (χ0v) is 17.6. The van der Waals surface area contributed by atoms with Gasteiger partial charge in [-0.15, -0.1) is 0 Å². The molecule has 1 N–H and O–H groups in total. The maximum Gasteiger partial charge on any atom is 0.237 e. The highest BCUT2D eigenvalue weighted by molar-refractivity contribution is 7.99. The molecule has 0 aliphatic carbocycles. The van der Waals surface area contributed by atoms with Crippen LogP contribution in [0, 0.1) is 0 Å². The van der Waals surface area contributed by atoms with Crippen molar-refractivity contribution in [1.29, 1.82) is 0 Å². The second-order valence-electron chi connectivity index (χ2n) is 7.52. The molecule has 0 spiro atoms. The van der Waals surface area contributed by atoms with Crippen molar-refractivity contribution < 1.29 is 9.59 Å². The lowest BCUT2D eigenvalue weighted by Gasteiger charge is -2.27. The highest BCUT2D eigenvalue weighted by Crippen LogP contribution is 2.33. The third kappa shape index (κ3) is 3.74. The summed E-state index contributed by atoms with van der Waals surface area (Å²) in [5.74, 6) is 0.145. The SMILES string of the molecule is CC(C)n1c(SCC(=O)N2c3ccccc3NC(=O)C[C@H]2C)nc2ccccc21. The summed E-state index contributed by atoms with van der Waals surface area (Å²) in [5, 5.41) is 3.73. The molecule has 0 radical (unpaired) electrons. The summed E-state index contributed by atoms with van der Waals surface area (Å²) in [6, 6.07) is 15.5. The number of hydrogen-bond donors (Lipinski definition) is 1. The molecular formula is C22H24N4O2S. The molecule has 7 heteroatoms. The first-order valence-electron chi connectivity index (χ1n) is 9.76. The van der Waals surface area contributed by atoms with Crippen molar-refractivity contribution in [1.82, 2.24) is 9.55 Å². The average Bonchev–Trinajstić information content (AvgIpc) is 3.00. The summed E-state index contributed by atoms with van der Waals surface area (Å²) >= 11 is 1.44. The molecule has 150 valence electrons. The summed E-state index contributed by atoms with van der Waals surface area (Å²) in [5.41, 5.74) is 3.42. The Morgan fingerprint density at radius 3 is 2.72 bits per heavy atom. The van der Waals surface area contributed by atoms with Crippen molar-refractivity contribution in [3.63, 3.8) is 0 Å². The molecule has 0 unspecified atom stereocenters. The first-order valence-corrected chi connectivity index (χ1v) is 10.7. The lowest BCUT2D eigenvalue weighted by atomic mass is 10.2. The highest BCUT2D eigenvalue weighted by atomic mass is 32.2. The predicted octanol–water partition coefficient (Wildman–Crippen LogP) is 4.47. The van der Waals surface area contributed by atoms with Crippen molar-refractivity contribution in [3.05, 3.63) is 48.5 Å². The number of nitrogens with zero attached hydrogens (tertiary/aromatic N) is 3. The van der Waals surface area contributed by atoms with E-state index in [-0.39, 0.29) is 36.1 Å². The minimum Gasteiger partial charge on any atom is -0.324 e. The zero-order chi connectivity index (χ0) is 20.5. The lowest BCUT2D eigenvalue weighted by molar-refractivity contribution is -0.117.